The molecule has 4 nitrogen and oxygen atoms in total. The van der Waals surface area contributed by atoms with Crippen LogP contribution in [0.4, 0.5) is 4.39 Å². The molecule has 3 aromatic rings. The van der Waals surface area contributed by atoms with Crippen LogP contribution >= 0.6 is 0 Å². The van der Waals surface area contributed by atoms with Gasteiger partial charge in [0.15, 0.2) is 5.82 Å². The van der Waals surface area contributed by atoms with Crippen molar-refractivity contribution in [1.29, 1.82) is 0 Å². The molecule has 0 atom stereocenters. The van der Waals surface area contributed by atoms with E-state index in [4.69, 9.17) is 4.52 Å². The van der Waals surface area contributed by atoms with E-state index in [2.05, 4.69) is 27.0 Å². The summed E-state index contributed by atoms with van der Waals surface area (Å²) in [6, 6.07) is 11.9. The van der Waals surface area contributed by atoms with Crippen LogP contribution in [0.15, 0.2) is 53.2 Å². The highest BCUT2D eigenvalue weighted by atomic mass is 19.1. The van der Waals surface area contributed by atoms with Gasteiger partial charge in [-0.15, -0.1) is 0 Å². The van der Waals surface area contributed by atoms with Crippen LogP contribution in [-0.4, -0.2) is 15.1 Å². The first-order valence-electron chi connectivity index (χ1n) is 7.25. The summed E-state index contributed by atoms with van der Waals surface area (Å²) in [6.45, 7) is 0. The predicted molar refractivity (Wildman–Crippen MR) is 82.9 cm³/mol. The zero-order valence-corrected chi connectivity index (χ0v) is 12.4. The molecule has 0 aliphatic heterocycles. The molecule has 114 valence electrons. The zero-order valence-electron chi connectivity index (χ0n) is 12.4. The predicted octanol–water partition coefficient (Wildman–Crippen LogP) is 3.18. The van der Waals surface area contributed by atoms with Gasteiger partial charge in [-0.25, -0.2) is 9.37 Å². The van der Waals surface area contributed by atoms with Crippen molar-refractivity contribution in [1.82, 2.24) is 15.1 Å². The Labute approximate surface area is 133 Å². The third kappa shape index (κ3) is 4.48. The van der Waals surface area contributed by atoms with Gasteiger partial charge in [-0.1, -0.05) is 29.3 Å². The normalized spacial score (nSPS) is 10.1. The number of halogens is 1. The number of pyridine rings is 1. The van der Waals surface area contributed by atoms with E-state index in [1.165, 1.54) is 12.1 Å². The molecule has 0 spiro atoms. The molecule has 5 heteroatoms. The summed E-state index contributed by atoms with van der Waals surface area (Å²) in [7, 11) is 0. The Morgan fingerprint density at radius 3 is 2.74 bits per heavy atom. The van der Waals surface area contributed by atoms with Crippen LogP contribution in [-0.2, 0) is 12.8 Å². The van der Waals surface area contributed by atoms with Crippen molar-refractivity contribution in [2.24, 2.45) is 0 Å². The summed E-state index contributed by atoms with van der Waals surface area (Å²) < 4.78 is 18.1. The quantitative estimate of drug-likeness (QED) is 0.695. The van der Waals surface area contributed by atoms with Crippen molar-refractivity contribution >= 4 is 0 Å². The number of hydrogen-bond acceptors (Lipinski definition) is 4. The molecule has 0 amide bonds. The van der Waals surface area contributed by atoms with E-state index in [0.717, 1.165) is 11.3 Å². The molecule has 0 unspecified atom stereocenters. The Morgan fingerprint density at radius 2 is 1.96 bits per heavy atom. The van der Waals surface area contributed by atoms with Gasteiger partial charge in [-0.05, 0) is 35.7 Å². The Kier molecular flexibility index (Phi) is 4.75. The molecule has 2 aromatic heterocycles. The highest BCUT2D eigenvalue weighted by Gasteiger charge is 2.06. The Hall–Kier alpha value is -3.00. The molecule has 0 saturated heterocycles. The Balaban J connectivity index is 1.53. The molecule has 0 aliphatic carbocycles. The van der Waals surface area contributed by atoms with Crippen LogP contribution in [0.5, 0.6) is 0 Å². The molecular formula is C18H14FN3O. The topological polar surface area (TPSA) is 51.8 Å². The molecule has 0 fully saturated rings. The first kappa shape index (κ1) is 14.9. The maximum Gasteiger partial charge on any atom is 0.227 e. The minimum absolute atomic E-state index is 0.256. The number of benzene rings is 1. The fraction of sp³-hybridized carbons (Fsp3) is 0.167. The van der Waals surface area contributed by atoms with Crippen molar-refractivity contribution in [2.45, 2.75) is 19.3 Å². The second-order valence-corrected chi connectivity index (χ2v) is 4.92. The monoisotopic (exact) mass is 307 g/mol. The van der Waals surface area contributed by atoms with Crippen molar-refractivity contribution < 1.29 is 8.91 Å². The highest BCUT2D eigenvalue weighted by Crippen LogP contribution is 2.09. The third-order valence-electron chi connectivity index (χ3n) is 3.13. The molecule has 0 aliphatic rings. The minimum atomic E-state index is -0.256. The van der Waals surface area contributed by atoms with Crippen LogP contribution in [0, 0.1) is 17.7 Å². The minimum Gasteiger partial charge on any atom is -0.339 e. The van der Waals surface area contributed by atoms with E-state index in [9.17, 15) is 4.39 Å². The molecule has 2 heterocycles. The first-order valence-corrected chi connectivity index (χ1v) is 7.25. The fourth-order valence-corrected chi connectivity index (χ4v) is 2.01. The van der Waals surface area contributed by atoms with Crippen molar-refractivity contribution in [3.05, 3.63) is 77.5 Å². The van der Waals surface area contributed by atoms with E-state index < -0.39 is 0 Å². The van der Waals surface area contributed by atoms with Crippen LogP contribution in [0.3, 0.4) is 0 Å². The summed E-state index contributed by atoms with van der Waals surface area (Å²) in [5.41, 5.74) is 1.68. The lowest BCUT2D eigenvalue weighted by Crippen LogP contribution is -1.92. The van der Waals surface area contributed by atoms with Gasteiger partial charge in [0.05, 0.1) is 0 Å². The van der Waals surface area contributed by atoms with E-state index in [1.807, 2.05) is 18.2 Å². The van der Waals surface area contributed by atoms with Gasteiger partial charge in [0.25, 0.3) is 0 Å². The van der Waals surface area contributed by atoms with Gasteiger partial charge in [0.1, 0.15) is 11.5 Å². The summed E-state index contributed by atoms with van der Waals surface area (Å²) >= 11 is 0. The molecule has 0 N–H and O–H groups in total. The fourth-order valence-electron chi connectivity index (χ4n) is 2.01. The molecule has 0 radical (unpaired) electrons. The average molecular weight is 307 g/mol. The van der Waals surface area contributed by atoms with Crippen LogP contribution in [0.25, 0.3) is 0 Å². The maximum absolute atomic E-state index is 12.9. The van der Waals surface area contributed by atoms with Crippen molar-refractivity contribution in [3.8, 4) is 11.8 Å². The number of hydrogen-bond donors (Lipinski definition) is 0. The smallest absolute Gasteiger partial charge is 0.227 e. The number of nitrogens with zero attached hydrogens (tertiary/aromatic N) is 3. The van der Waals surface area contributed by atoms with E-state index >= 15 is 0 Å². The summed E-state index contributed by atoms with van der Waals surface area (Å²) in [5, 5.41) is 3.93. The average Bonchev–Trinajstić information content (AvgIpc) is 3.02. The van der Waals surface area contributed by atoms with Crippen LogP contribution in [0.2, 0.25) is 0 Å². The lowest BCUT2D eigenvalue weighted by atomic mass is 10.1. The molecular weight excluding hydrogens is 293 g/mol. The van der Waals surface area contributed by atoms with E-state index in [-0.39, 0.29) is 5.82 Å². The van der Waals surface area contributed by atoms with Gasteiger partial charge in [0, 0.05) is 25.5 Å². The number of aromatic nitrogens is 3. The SMILES string of the molecule is Fc1ccc(Cc2noc(CCC#Cc3ccccn3)n2)cc1. The second-order valence-electron chi connectivity index (χ2n) is 4.92. The van der Waals surface area contributed by atoms with Crippen LogP contribution in [0.1, 0.15) is 29.4 Å². The lowest BCUT2D eigenvalue weighted by Gasteiger charge is -1.95. The summed E-state index contributed by atoms with van der Waals surface area (Å²) in [6.07, 6.45) is 3.44. The number of aryl methyl sites for hydroxylation is 1. The van der Waals surface area contributed by atoms with Crippen molar-refractivity contribution in [2.75, 3.05) is 0 Å². The van der Waals surface area contributed by atoms with Gasteiger partial charge in [0.2, 0.25) is 5.89 Å². The van der Waals surface area contributed by atoms with Gasteiger partial charge >= 0.3 is 0 Å². The van der Waals surface area contributed by atoms with Crippen LogP contribution < -0.4 is 0 Å². The molecule has 3 rings (SSSR count). The van der Waals surface area contributed by atoms with E-state index in [0.29, 0.717) is 31.0 Å². The third-order valence-corrected chi connectivity index (χ3v) is 3.13. The van der Waals surface area contributed by atoms with Gasteiger partial charge < -0.3 is 4.52 Å². The largest absolute Gasteiger partial charge is 0.339 e. The van der Waals surface area contributed by atoms with E-state index in [1.54, 1.807) is 18.3 Å². The summed E-state index contributed by atoms with van der Waals surface area (Å²) in [4.78, 5) is 8.45. The highest BCUT2D eigenvalue weighted by molar-refractivity contribution is 5.26. The maximum atomic E-state index is 12.9. The van der Waals surface area contributed by atoms with Gasteiger partial charge in [-0.3, -0.25) is 0 Å². The molecule has 1 aromatic carbocycles. The Morgan fingerprint density at radius 1 is 1.09 bits per heavy atom. The molecule has 0 saturated carbocycles. The molecule has 23 heavy (non-hydrogen) atoms. The summed E-state index contributed by atoms with van der Waals surface area (Å²) in [5.74, 6) is 6.90. The first-order chi connectivity index (χ1) is 11.3. The molecule has 0 bridgehead atoms. The number of rotatable bonds is 4. The van der Waals surface area contributed by atoms with Crippen molar-refractivity contribution in [3.63, 3.8) is 0 Å². The standard InChI is InChI=1S/C18H14FN3O/c19-15-10-8-14(9-11-15)13-17-21-18(23-22-17)7-2-1-5-16-6-3-4-12-20-16/h3-4,6,8-12H,2,7,13H2. The Bertz CT molecular complexity index is 817. The zero-order chi connectivity index (χ0) is 15.9. The lowest BCUT2D eigenvalue weighted by molar-refractivity contribution is 0.375. The second kappa shape index (κ2) is 7.32. The van der Waals surface area contributed by atoms with Gasteiger partial charge in [-0.2, -0.15) is 4.98 Å².